The maximum atomic E-state index is 13.2. The van der Waals surface area contributed by atoms with Gasteiger partial charge in [-0.1, -0.05) is 18.2 Å². The number of thioether (sulfide) groups is 1. The Morgan fingerprint density at radius 1 is 1.12 bits per heavy atom. The summed E-state index contributed by atoms with van der Waals surface area (Å²) < 4.78 is 39.7. The largest absolute Gasteiger partial charge is 0.418 e. The molecule has 8 heteroatoms. The molecule has 0 saturated carbocycles. The molecule has 0 unspecified atom stereocenters. The number of anilines is 2. The molecule has 0 spiro atoms. The minimum absolute atomic E-state index is 0.267. The number of urea groups is 1. The Kier molecular flexibility index (Phi) is 6.79. The van der Waals surface area contributed by atoms with Crippen LogP contribution in [0.2, 0.25) is 0 Å². The van der Waals surface area contributed by atoms with Crippen LogP contribution in [-0.2, 0) is 6.18 Å². The van der Waals surface area contributed by atoms with E-state index in [9.17, 15) is 18.0 Å². The van der Waals surface area contributed by atoms with Crippen LogP contribution in [0.5, 0.6) is 0 Å². The van der Waals surface area contributed by atoms with Crippen LogP contribution in [0, 0.1) is 0 Å². The van der Waals surface area contributed by atoms with Crippen LogP contribution < -0.4 is 15.5 Å². The maximum absolute atomic E-state index is 13.2. The highest BCUT2D eigenvalue weighted by atomic mass is 32.2. The van der Waals surface area contributed by atoms with Gasteiger partial charge in [-0.15, -0.1) is 11.8 Å². The molecule has 0 radical (unpaired) electrons. The van der Waals surface area contributed by atoms with Crippen molar-refractivity contribution in [2.75, 3.05) is 36.6 Å². The first-order chi connectivity index (χ1) is 12.3. The van der Waals surface area contributed by atoms with E-state index >= 15 is 0 Å². The second kappa shape index (κ2) is 8.84. The summed E-state index contributed by atoms with van der Waals surface area (Å²) in [6.07, 6.45) is -4.56. The Morgan fingerprint density at radius 2 is 1.81 bits per heavy atom. The number of carbonyl (C=O) groups excluding carboxylic acids is 1. The van der Waals surface area contributed by atoms with Crippen LogP contribution in [0.15, 0.2) is 53.4 Å². The Hall–Kier alpha value is -2.35. The third-order valence-corrected chi connectivity index (χ3v) is 4.49. The van der Waals surface area contributed by atoms with Crippen molar-refractivity contribution in [2.45, 2.75) is 11.1 Å². The molecule has 0 aliphatic carbocycles. The Morgan fingerprint density at radius 3 is 2.42 bits per heavy atom. The van der Waals surface area contributed by atoms with E-state index in [-0.39, 0.29) is 5.69 Å². The van der Waals surface area contributed by atoms with Gasteiger partial charge in [-0.25, -0.2) is 4.79 Å². The molecule has 2 amide bonds. The number of amides is 2. The standard InChI is InChI=1S/C18H20F3N3OS/c1-24(2)13-8-9-16(15(12-13)18(19,20)21)23-17(25)22-10-11-26-14-6-4-3-5-7-14/h3-9,12H,10-11H2,1-2H3,(H2,22,23,25). The summed E-state index contributed by atoms with van der Waals surface area (Å²) >= 11 is 1.55. The van der Waals surface area contributed by atoms with Crippen LogP contribution in [-0.4, -0.2) is 32.4 Å². The van der Waals surface area contributed by atoms with Crippen LogP contribution in [0.3, 0.4) is 0 Å². The predicted octanol–water partition coefficient (Wildman–Crippen LogP) is 4.69. The first kappa shape index (κ1) is 20.0. The first-order valence-electron chi connectivity index (χ1n) is 7.88. The van der Waals surface area contributed by atoms with E-state index in [0.29, 0.717) is 18.0 Å². The molecule has 0 bridgehead atoms. The molecule has 0 heterocycles. The number of carbonyl (C=O) groups is 1. The summed E-state index contributed by atoms with van der Waals surface area (Å²) in [5.74, 6) is 0.614. The predicted molar refractivity (Wildman–Crippen MR) is 100.0 cm³/mol. The van der Waals surface area contributed by atoms with E-state index in [1.807, 2.05) is 30.3 Å². The van der Waals surface area contributed by atoms with E-state index in [1.54, 1.807) is 30.8 Å². The molecule has 0 aromatic heterocycles. The summed E-state index contributed by atoms with van der Waals surface area (Å²) in [6, 6.07) is 12.8. The molecule has 0 aliphatic rings. The first-order valence-corrected chi connectivity index (χ1v) is 8.87. The molecule has 0 atom stereocenters. The number of halogens is 3. The zero-order chi connectivity index (χ0) is 19.2. The summed E-state index contributed by atoms with van der Waals surface area (Å²) in [7, 11) is 3.30. The fourth-order valence-corrected chi connectivity index (χ4v) is 2.96. The minimum Gasteiger partial charge on any atom is -0.378 e. The van der Waals surface area contributed by atoms with Crippen molar-refractivity contribution in [1.82, 2.24) is 5.32 Å². The Balaban J connectivity index is 1.93. The molecule has 2 aromatic rings. The highest BCUT2D eigenvalue weighted by Crippen LogP contribution is 2.37. The van der Waals surface area contributed by atoms with Gasteiger partial charge >= 0.3 is 12.2 Å². The average molecular weight is 383 g/mol. The normalized spacial score (nSPS) is 11.1. The molecule has 26 heavy (non-hydrogen) atoms. The number of hydrogen-bond donors (Lipinski definition) is 2. The van der Waals surface area contributed by atoms with Crippen molar-refractivity contribution in [3.05, 3.63) is 54.1 Å². The van der Waals surface area contributed by atoms with Gasteiger partial charge in [0.15, 0.2) is 0 Å². The molecule has 0 fully saturated rings. The van der Waals surface area contributed by atoms with Crippen molar-refractivity contribution >= 4 is 29.2 Å². The smallest absolute Gasteiger partial charge is 0.378 e. The van der Waals surface area contributed by atoms with E-state index in [4.69, 9.17) is 0 Å². The van der Waals surface area contributed by atoms with Gasteiger partial charge in [-0.05, 0) is 30.3 Å². The number of hydrogen-bond acceptors (Lipinski definition) is 3. The quantitative estimate of drug-likeness (QED) is 0.562. The zero-order valence-electron chi connectivity index (χ0n) is 14.4. The van der Waals surface area contributed by atoms with Gasteiger partial charge in [0.05, 0.1) is 11.3 Å². The summed E-state index contributed by atoms with van der Waals surface area (Å²) in [6.45, 7) is 0.336. The highest BCUT2D eigenvalue weighted by Gasteiger charge is 2.34. The lowest BCUT2D eigenvalue weighted by Crippen LogP contribution is -2.31. The van der Waals surface area contributed by atoms with Crippen LogP contribution in [0.4, 0.5) is 29.3 Å². The lowest BCUT2D eigenvalue weighted by Gasteiger charge is -2.19. The fraction of sp³-hybridized carbons (Fsp3) is 0.278. The second-order valence-corrected chi connectivity index (χ2v) is 6.83. The molecule has 2 N–H and O–H groups in total. The molecule has 2 aromatic carbocycles. The molecular weight excluding hydrogens is 363 g/mol. The van der Waals surface area contributed by atoms with E-state index in [1.165, 1.54) is 12.1 Å². The molecule has 2 rings (SSSR count). The van der Waals surface area contributed by atoms with E-state index in [2.05, 4.69) is 10.6 Å². The molecule has 4 nitrogen and oxygen atoms in total. The van der Waals surface area contributed by atoms with Gasteiger partial charge in [0.2, 0.25) is 0 Å². The number of nitrogens with zero attached hydrogens (tertiary/aromatic N) is 1. The Bertz CT molecular complexity index is 736. The summed E-state index contributed by atoms with van der Waals surface area (Å²) in [4.78, 5) is 14.5. The second-order valence-electron chi connectivity index (χ2n) is 5.66. The van der Waals surface area contributed by atoms with Gasteiger partial charge in [-0.3, -0.25) is 0 Å². The number of rotatable bonds is 6. The third-order valence-electron chi connectivity index (χ3n) is 3.47. The van der Waals surface area contributed by atoms with Crippen molar-refractivity contribution < 1.29 is 18.0 Å². The highest BCUT2D eigenvalue weighted by molar-refractivity contribution is 7.99. The van der Waals surface area contributed by atoms with Crippen LogP contribution in [0.1, 0.15) is 5.56 Å². The van der Waals surface area contributed by atoms with Gasteiger partial charge < -0.3 is 15.5 Å². The summed E-state index contributed by atoms with van der Waals surface area (Å²) in [5.41, 5.74) is -0.739. The number of benzene rings is 2. The van der Waals surface area contributed by atoms with Gasteiger partial charge in [0.1, 0.15) is 0 Å². The van der Waals surface area contributed by atoms with Crippen LogP contribution in [0.25, 0.3) is 0 Å². The summed E-state index contributed by atoms with van der Waals surface area (Å²) in [5, 5.41) is 4.85. The molecule has 0 aliphatic heterocycles. The van der Waals surface area contributed by atoms with E-state index in [0.717, 1.165) is 11.0 Å². The third kappa shape index (κ3) is 5.87. The molecular formula is C18H20F3N3OS. The fourth-order valence-electron chi connectivity index (χ4n) is 2.17. The van der Waals surface area contributed by atoms with E-state index < -0.39 is 17.8 Å². The van der Waals surface area contributed by atoms with Gasteiger partial charge in [-0.2, -0.15) is 13.2 Å². The SMILES string of the molecule is CN(C)c1ccc(NC(=O)NCCSc2ccccc2)c(C(F)(F)F)c1. The molecule has 140 valence electrons. The van der Waals surface area contributed by atoms with Crippen molar-refractivity contribution in [1.29, 1.82) is 0 Å². The topological polar surface area (TPSA) is 44.4 Å². The van der Waals surface area contributed by atoms with Crippen molar-refractivity contribution in [3.8, 4) is 0 Å². The lowest BCUT2D eigenvalue weighted by molar-refractivity contribution is -0.136. The number of alkyl halides is 3. The average Bonchev–Trinajstić information content (AvgIpc) is 2.59. The van der Waals surface area contributed by atoms with Crippen molar-refractivity contribution in [2.24, 2.45) is 0 Å². The van der Waals surface area contributed by atoms with Crippen LogP contribution >= 0.6 is 11.8 Å². The zero-order valence-corrected chi connectivity index (χ0v) is 15.2. The van der Waals surface area contributed by atoms with Gasteiger partial charge in [0, 0.05) is 37.0 Å². The monoisotopic (exact) mass is 383 g/mol. The molecule has 0 saturated heterocycles. The van der Waals surface area contributed by atoms with Gasteiger partial charge in [0.25, 0.3) is 0 Å². The maximum Gasteiger partial charge on any atom is 0.418 e. The lowest BCUT2D eigenvalue weighted by atomic mass is 10.1. The minimum atomic E-state index is -4.56. The van der Waals surface area contributed by atoms with Crippen molar-refractivity contribution in [3.63, 3.8) is 0 Å². The number of nitrogens with one attached hydrogen (secondary N) is 2. The Labute approximate surface area is 154 Å².